The number of rotatable bonds is 1. The molecule has 0 N–H and O–H groups in total. The van der Waals surface area contributed by atoms with E-state index >= 15 is 0 Å². The van der Waals surface area contributed by atoms with Crippen molar-refractivity contribution >= 4 is 5.91 Å². The summed E-state index contributed by atoms with van der Waals surface area (Å²) < 4.78 is 18.6. The minimum atomic E-state index is -0.263. The van der Waals surface area contributed by atoms with Crippen molar-refractivity contribution < 1.29 is 13.9 Å². The molecular formula is C13H16FNO2. The number of ether oxygens (including phenoxy) is 1. The molecule has 0 aliphatic carbocycles. The SMILES string of the molecule is CC(=O)N1C[C@@H](C)O[C@@H](c2ccc(F)cc2)C1. The number of nitrogens with zero attached hydrogens (tertiary/aromatic N) is 1. The molecule has 1 aromatic carbocycles. The van der Waals surface area contributed by atoms with Gasteiger partial charge in [-0.15, -0.1) is 0 Å². The molecule has 0 bridgehead atoms. The molecule has 1 saturated heterocycles. The van der Waals surface area contributed by atoms with Crippen LogP contribution in [0.15, 0.2) is 24.3 Å². The molecule has 1 aliphatic rings. The molecule has 0 spiro atoms. The molecule has 1 amide bonds. The van der Waals surface area contributed by atoms with Gasteiger partial charge in [-0.3, -0.25) is 4.79 Å². The van der Waals surface area contributed by atoms with E-state index in [1.165, 1.54) is 12.1 Å². The molecule has 0 saturated carbocycles. The van der Waals surface area contributed by atoms with Crippen LogP contribution in [0.25, 0.3) is 0 Å². The lowest BCUT2D eigenvalue weighted by atomic mass is 10.1. The van der Waals surface area contributed by atoms with Gasteiger partial charge < -0.3 is 9.64 Å². The number of amides is 1. The molecule has 92 valence electrons. The number of benzene rings is 1. The van der Waals surface area contributed by atoms with Gasteiger partial charge >= 0.3 is 0 Å². The van der Waals surface area contributed by atoms with Crippen molar-refractivity contribution in [1.29, 1.82) is 0 Å². The van der Waals surface area contributed by atoms with E-state index in [0.717, 1.165) is 5.56 Å². The maximum Gasteiger partial charge on any atom is 0.219 e. The maximum atomic E-state index is 12.8. The van der Waals surface area contributed by atoms with E-state index < -0.39 is 0 Å². The molecule has 4 heteroatoms. The molecule has 0 radical (unpaired) electrons. The van der Waals surface area contributed by atoms with Crippen LogP contribution in [-0.2, 0) is 9.53 Å². The summed E-state index contributed by atoms with van der Waals surface area (Å²) in [6.45, 7) is 4.64. The van der Waals surface area contributed by atoms with Gasteiger partial charge in [0, 0.05) is 13.5 Å². The molecule has 0 unspecified atom stereocenters. The highest BCUT2D eigenvalue weighted by atomic mass is 19.1. The van der Waals surface area contributed by atoms with E-state index in [1.807, 2.05) is 6.92 Å². The van der Waals surface area contributed by atoms with Gasteiger partial charge in [-0.05, 0) is 24.6 Å². The van der Waals surface area contributed by atoms with Gasteiger partial charge in [-0.25, -0.2) is 4.39 Å². The zero-order chi connectivity index (χ0) is 12.4. The van der Waals surface area contributed by atoms with Crippen molar-refractivity contribution in [2.75, 3.05) is 13.1 Å². The highest BCUT2D eigenvalue weighted by Crippen LogP contribution is 2.25. The number of hydrogen-bond donors (Lipinski definition) is 0. The molecule has 1 fully saturated rings. The number of carbonyl (C=O) groups is 1. The van der Waals surface area contributed by atoms with Crippen LogP contribution in [-0.4, -0.2) is 30.0 Å². The van der Waals surface area contributed by atoms with Crippen molar-refractivity contribution in [1.82, 2.24) is 4.90 Å². The summed E-state index contributed by atoms with van der Waals surface area (Å²) in [5.41, 5.74) is 0.907. The highest BCUT2D eigenvalue weighted by Gasteiger charge is 2.27. The second kappa shape index (κ2) is 4.84. The fourth-order valence-corrected chi connectivity index (χ4v) is 2.07. The minimum Gasteiger partial charge on any atom is -0.367 e. The molecule has 1 aliphatic heterocycles. The largest absolute Gasteiger partial charge is 0.367 e. The van der Waals surface area contributed by atoms with Crippen LogP contribution < -0.4 is 0 Å². The Morgan fingerprint density at radius 1 is 1.35 bits per heavy atom. The van der Waals surface area contributed by atoms with Crippen molar-refractivity contribution in [3.05, 3.63) is 35.6 Å². The van der Waals surface area contributed by atoms with Crippen molar-refractivity contribution in [2.45, 2.75) is 26.1 Å². The average Bonchev–Trinajstić information content (AvgIpc) is 2.29. The number of morpholine rings is 1. The van der Waals surface area contributed by atoms with Crippen molar-refractivity contribution in [2.24, 2.45) is 0 Å². The molecule has 1 heterocycles. The standard InChI is InChI=1S/C13H16FNO2/c1-9-7-15(10(2)16)8-13(17-9)11-3-5-12(14)6-4-11/h3-6,9,13H,7-8H2,1-2H3/t9-,13-/m1/s1. The van der Waals surface area contributed by atoms with Gasteiger partial charge in [-0.2, -0.15) is 0 Å². The zero-order valence-corrected chi connectivity index (χ0v) is 10.0. The Bertz CT molecular complexity index is 404. The topological polar surface area (TPSA) is 29.5 Å². The molecule has 3 nitrogen and oxygen atoms in total. The highest BCUT2D eigenvalue weighted by molar-refractivity contribution is 5.73. The van der Waals surface area contributed by atoms with Crippen LogP contribution in [0.2, 0.25) is 0 Å². The predicted molar refractivity (Wildman–Crippen MR) is 61.9 cm³/mol. The smallest absolute Gasteiger partial charge is 0.219 e. The van der Waals surface area contributed by atoms with Gasteiger partial charge in [-0.1, -0.05) is 12.1 Å². The molecule has 2 rings (SSSR count). The van der Waals surface area contributed by atoms with Gasteiger partial charge in [0.2, 0.25) is 5.91 Å². The average molecular weight is 237 g/mol. The molecule has 0 aromatic heterocycles. The second-order valence-corrected chi connectivity index (χ2v) is 4.41. The van der Waals surface area contributed by atoms with Crippen LogP contribution in [0.3, 0.4) is 0 Å². The third-order valence-electron chi connectivity index (χ3n) is 2.95. The first kappa shape index (κ1) is 12.0. The lowest BCUT2D eigenvalue weighted by Crippen LogP contribution is -2.45. The summed E-state index contributed by atoms with van der Waals surface area (Å²) in [4.78, 5) is 13.2. The molecule has 17 heavy (non-hydrogen) atoms. The Hall–Kier alpha value is -1.42. The summed E-state index contributed by atoms with van der Waals surface area (Å²) in [6, 6.07) is 6.23. The molecular weight excluding hydrogens is 221 g/mol. The van der Waals surface area contributed by atoms with Crippen molar-refractivity contribution in [3.8, 4) is 0 Å². The number of hydrogen-bond acceptors (Lipinski definition) is 2. The molecule has 1 aromatic rings. The number of halogens is 1. The van der Waals surface area contributed by atoms with Crippen LogP contribution in [0.5, 0.6) is 0 Å². The summed E-state index contributed by atoms with van der Waals surface area (Å²) >= 11 is 0. The van der Waals surface area contributed by atoms with E-state index in [0.29, 0.717) is 13.1 Å². The van der Waals surface area contributed by atoms with Crippen LogP contribution in [0, 0.1) is 5.82 Å². The lowest BCUT2D eigenvalue weighted by molar-refractivity contribution is -0.142. The Kier molecular flexibility index (Phi) is 3.43. The third kappa shape index (κ3) is 2.82. The van der Waals surface area contributed by atoms with Gasteiger partial charge in [0.15, 0.2) is 0 Å². The molecule has 2 atom stereocenters. The van der Waals surface area contributed by atoms with E-state index in [-0.39, 0.29) is 23.9 Å². The minimum absolute atomic E-state index is 0.00250. The van der Waals surface area contributed by atoms with Crippen LogP contribution >= 0.6 is 0 Å². The second-order valence-electron chi connectivity index (χ2n) is 4.41. The Morgan fingerprint density at radius 3 is 2.59 bits per heavy atom. The Morgan fingerprint density at radius 2 is 2.00 bits per heavy atom. The maximum absolute atomic E-state index is 12.8. The summed E-state index contributed by atoms with van der Waals surface area (Å²) in [5, 5.41) is 0. The van der Waals surface area contributed by atoms with Crippen LogP contribution in [0.1, 0.15) is 25.5 Å². The van der Waals surface area contributed by atoms with E-state index in [9.17, 15) is 9.18 Å². The number of carbonyl (C=O) groups excluding carboxylic acids is 1. The quantitative estimate of drug-likeness (QED) is 0.749. The predicted octanol–water partition coefficient (Wildman–Crippen LogP) is 2.13. The zero-order valence-electron chi connectivity index (χ0n) is 10.0. The summed E-state index contributed by atoms with van der Waals surface area (Å²) in [6.07, 6.45) is -0.161. The Labute approximate surface area is 100 Å². The summed E-state index contributed by atoms with van der Waals surface area (Å²) in [7, 11) is 0. The monoisotopic (exact) mass is 237 g/mol. The Balaban J connectivity index is 2.15. The van der Waals surface area contributed by atoms with Gasteiger partial charge in [0.1, 0.15) is 11.9 Å². The first-order chi connectivity index (χ1) is 8.06. The lowest BCUT2D eigenvalue weighted by Gasteiger charge is -2.36. The van der Waals surface area contributed by atoms with Crippen molar-refractivity contribution in [3.63, 3.8) is 0 Å². The fourth-order valence-electron chi connectivity index (χ4n) is 2.07. The fraction of sp³-hybridized carbons (Fsp3) is 0.462. The first-order valence-corrected chi connectivity index (χ1v) is 5.72. The normalized spacial score (nSPS) is 24.8. The third-order valence-corrected chi connectivity index (χ3v) is 2.95. The van der Waals surface area contributed by atoms with Crippen LogP contribution in [0.4, 0.5) is 4.39 Å². The summed E-state index contributed by atoms with van der Waals surface area (Å²) in [5.74, 6) is -0.215. The van der Waals surface area contributed by atoms with E-state index in [4.69, 9.17) is 4.74 Å². The van der Waals surface area contributed by atoms with E-state index in [1.54, 1.807) is 24.0 Å². The van der Waals surface area contributed by atoms with E-state index in [2.05, 4.69) is 0 Å². The van der Waals surface area contributed by atoms with Gasteiger partial charge in [0.05, 0.1) is 12.6 Å². The first-order valence-electron chi connectivity index (χ1n) is 5.72. The van der Waals surface area contributed by atoms with Gasteiger partial charge in [0.25, 0.3) is 0 Å².